The Morgan fingerprint density at radius 1 is 1.18 bits per heavy atom. The van der Waals surface area contributed by atoms with E-state index in [1.807, 2.05) is 0 Å². The standard InChI is InChI=1S/C13H16N2O7/c16-12(17)14-8-2-1-3-9-21-13(18)22-11-6-4-10(5-7-11)15(19)20/h4-7,14H,1-3,8-9H2,(H,16,17). The Kier molecular flexibility index (Phi) is 7.17. The summed E-state index contributed by atoms with van der Waals surface area (Å²) in [4.78, 5) is 31.4. The zero-order valence-electron chi connectivity index (χ0n) is 11.7. The minimum Gasteiger partial charge on any atom is -0.465 e. The number of nitrogens with one attached hydrogen (secondary N) is 1. The fourth-order valence-electron chi connectivity index (χ4n) is 1.52. The smallest absolute Gasteiger partial charge is 0.465 e. The summed E-state index contributed by atoms with van der Waals surface area (Å²) in [5, 5.41) is 21.0. The summed E-state index contributed by atoms with van der Waals surface area (Å²) in [7, 11) is 0. The van der Waals surface area contributed by atoms with Gasteiger partial charge in [0.2, 0.25) is 0 Å². The van der Waals surface area contributed by atoms with Gasteiger partial charge in [0.15, 0.2) is 0 Å². The van der Waals surface area contributed by atoms with E-state index in [0.29, 0.717) is 25.8 Å². The van der Waals surface area contributed by atoms with Crippen LogP contribution in [0.25, 0.3) is 0 Å². The van der Waals surface area contributed by atoms with Crippen molar-refractivity contribution in [2.24, 2.45) is 0 Å². The van der Waals surface area contributed by atoms with Gasteiger partial charge in [-0.1, -0.05) is 0 Å². The van der Waals surface area contributed by atoms with E-state index >= 15 is 0 Å². The first-order valence-corrected chi connectivity index (χ1v) is 6.55. The Bertz CT molecular complexity index is 516. The molecule has 1 rings (SSSR count). The highest BCUT2D eigenvalue weighted by Crippen LogP contribution is 2.17. The minimum atomic E-state index is -1.07. The maximum absolute atomic E-state index is 11.3. The van der Waals surface area contributed by atoms with Crippen molar-refractivity contribution >= 4 is 17.9 Å². The zero-order valence-corrected chi connectivity index (χ0v) is 11.7. The third-order valence-corrected chi connectivity index (χ3v) is 2.57. The van der Waals surface area contributed by atoms with E-state index in [4.69, 9.17) is 14.6 Å². The molecule has 1 aromatic rings. The van der Waals surface area contributed by atoms with Gasteiger partial charge in [-0.15, -0.1) is 0 Å². The predicted molar refractivity (Wildman–Crippen MR) is 75.0 cm³/mol. The lowest BCUT2D eigenvalue weighted by atomic mass is 10.2. The zero-order chi connectivity index (χ0) is 16.4. The molecule has 0 aromatic heterocycles. The number of hydrogen-bond donors (Lipinski definition) is 2. The molecule has 0 aliphatic rings. The first kappa shape index (κ1) is 17.2. The van der Waals surface area contributed by atoms with Gasteiger partial charge in [-0.2, -0.15) is 0 Å². The summed E-state index contributed by atoms with van der Waals surface area (Å²) in [5.74, 6) is 0.154. The summed E-state index contributed by atoms with van der Waals surface area (Å²) in [6.45, 7) is 0.501. The molecule has 0 saturated heterocycles. The Morgan fingerprint density at radius 3 is 2.45 bits per heavy atom. The van der Waals surface area contributed by atoms with Crippen LogP contribution in [0.5, 0.6) is 5.75 Å². The highest BCUT2D eigenvalue weighted by atomic mass is 16.7. The molecule has 0 radical (unpaired) electrons. The van der Waals surface area contributed by atoms with Crippen LogP contribution >= 0.6 is 0 Å². The number of hydrogen-bond acceptors (Lipinski definition) is 6. The van der Waals surface area contributed by atoms with Crippen LogP contribution in [0.2, 0.25) is 0 Å². The predicted octanol–water partition coefficient (Wildman–Crippen LogP) is 2.55. The van der Waals surface area contributed by atoms with Gasteiger partial charge >= 0.3 is 12.2 Å². The Hall–Kier alpha value is -2.84. The van der Waals surface area contributed by atoms with Crippen molar-refractivity contribution in [1.29, 1.82) is 0 Å². The van der Waals surface area contributed by atoms with E-state index in [-0.39, 0.29) is 18.0 Å². The number of non-ortho nitro benzene ring substituents is 1. The van der Waals surface area contributed by atoms with Gasteiger partial charge in [0.1, 0.15) is 5.75 Å². The number of ether oxygens (including phenoxy) is 2. The lowest BCUT2D eigenvalue weighted by Crippen LogP contribution is -2.21. The quantitative estimate of drug-likeness (QED) is 0.248. The topological polar surface area (TPSA) is 128 Å². The van der Waals surface area contributed by atoms with E-state index in [9.17, 15) is 19.7 Å². The highest BCUT2D eigenvalue weighted by Gasteiger charge is 2.08. The monoisotopic (exact) mass is 312 g/mol. The Labute approximate surface area is 126 Å². The molecule has 0 aliphatic carbocycles. The van der Waals surface area contributed by atoms with Crippen molar-refractivity contribution in [3.63, 3.8) is 0 Å². The maximum Gasteiger partial charge on any atom is 0.513 e. The number of rotatable bonds is 8. The van der Waals surface area contributed by atoms with Crippen molar-refractivity contribution < 1.29 is 29.1 Å². The summed E-state index contributed by atoms with van der Waals surface area (Å²) < 4.78 is 9.65. The van der Waals surface area contributed by atoms with Crippen LogP contribution in [0.3, 0.4) is 0 Å². The number of nitrogens with zero attached hydrogens (tertiary/aromatic N) is 1. The average molecular weight is 312 g/mol. The number of nitro benzene ring substituents is 1. The second-order valence-electron chi connectivity index (χ2n) is 4.24. The molecule has 0 aliphatic heterocycles. The second-order valence-corrected chi connectivity index (χ2v) is 4.24. The normalized spacial score (nSPS) is 9.82. The van der Waals surface area contributed by atoms with Crippen LogP contribution in [-0.2, 0) is 4.74 Å². The molecule has 1 amide bonds. The summed E-state index contributed by atoms with van der Waals surface area (Å²) >= 11 is 0. The van der Waals surface area contributed by atoms with Gasteiger partial charge in [0.25, 0.3) is 5.69 Å². The van der Waals surface area contributed by atoms with Crippen LogP contribution in [0.15, 0.2) is 24.3 Å². The second kappa shape index (κ2) is 9.16. The van der Waals surface area contributed by atoms with Crippen molar-refractivity contribution in [3.05, 3.63) is 34.4 Å². The Morgan fingerprint density at radius 2 is 1.86 bits per heavy atom. The summed E-state index contributed by atoms with van der Waals surface area (Å²) in [6, 6.07) is 5.05. The largest absolute Gasteiger partial charge is 0.513 e. The van der Waals surface area contributed by atoms with Crippen LogP contribution < -0.4 is 10.1 Å². The minimum absolute atomic E-state index is 0.101. The number of carbonyl (C=O) groups excluding carboxylic acids is 1. The van der Waals surface area contributed by atoms with E-state index in [0.717, 1.165) is 0 Å². The van der Waals surface area contributed by atoms with Crippen molar-refractivity contribution in [2.45, 2.75) is 19.3 Å². The summed E-state index contributed by atoms with van der Waals surface area (Å²) in [6.07, 6.45) is -0.0325. The van der Waals surface area contributed by atoms with Crippen LogP contribution in [0.4, 0.5) is 15.3 Å². The van der Waals surface area contributed by atoms with Crippen LogP contribution in [0.1, 0.15) is 19.3 Å². The van der Waals surface area contributed by atoms with Crippen molar-refractivity contribution in [3.8, 4) is 5.75 Å². The molecule has 0 saturated carbocycles. The molecular formula is C13H16N2O7. The third kappa shape index (κ3) is 7.08. The highest BCUT2D eigenvalue weighted by molar-refractivity contribution is 5.64. The molecule has 2 N–H and O–H groups in total. The number of amides is 1. The maximum atomic E-state index is 11.3. The number of unbranched alkanes of at least 4 members (excludes halogenated alkanes) is 2. The van der Waals surface area contributed by atoms with Gasteiger partial charge in [-0.3, -0.25) is 10.1 Å². The number of nitro groups is 1. The molecule has 0 fully saturated rings. The van der Waals surface area contributed by atoms with Crippen LogP contribution in [0, 0.1) is 10.1 Å². The molecule has 120 valence electrons. The van der Waals surface area contributed by atoms with Gasteiger partial charge in [-0.25, -0.2) is 9.59 Å². The van der Waals surface area contributed by atoms with Gasteiger partial charge < -0.3 is 19.9 Å². The van der Waals surface area contributed by atoms with E-state index in [2.05, 4.69) is 5.32 Å². The number of carboxylic acid groups (broad SMARTS) is 1. The van der Waals surface area contributed by atoms with Crippen molar-refractivity contribution in [1.82, 2.24) is 5.32 Å². The van der Waals surface area contributed by atoms with Gasteiger partial charge in [-0.05, 0) is 31.4 Å². The molecule has 22 heavy (non-hydrogen) atoms. The van der Waals surface area contributed by atoms with E-state index in [1.54, 1.807) is 0 Å². The average Bonchev–Trinajstić information content (AvgIpc) is 2.46. The molecule has 0 bridgehead atoms. The number of carbonyl (C=O) groups is 2. The fourth-order valence-corrected chi connectivity index (χ4v) is 1.52. The van der Waals surface area contributed by atoms with Crippen LogP contribution in [-0.4, -0.2) is 35.4 Å². The molecule has 9 heteroatoms. The Balaban J connectivity index is 2.15. The molecule has 9 nitrogen and oxygen atoms in total. The third-order valence-electron chi connectivity index (χ3n) is 2.57. The lowest BCUT2D eigenvalue weighted by molar-refractivity contribution is -0.384. The lowest BCUT2D eigenvalue weighted by Gasteiger charge is -2.06. The molecule has 0 spiro atoms. The van der Waals surface area contributed by atoms with E-state index < -0.39 is 17.2 Å². The molecule has 0 heterocycles. The molecule has 0 atom stereocenters. The molecule has 0 unspecified atom stereocenters. The van der Waals surface area contributed by atoms with Gasteiger partial charge in [0, 0.05) is 18.7 Å². The van der Waals surface area contributed by atoms with E-state index in [1.165, 1.54) is 24.3 Å². The first-order chi connectivity index (χ1) is 10.5. The summed E-state index contributed by atoms with van der Waals surface area (Å²) in [5.41, 5.74) is -0.101. The SMILES string of the molecule is O=C(O)NCCCCCOC(=O)Oc1ccc([N+](=O)[O-])cc1. The molecular weight excluding hydrogens is 296 g/mol. The first-order valence-electron chi connectivity index (χ1n) is 6.55. The van der Waals surface area contributed by atoms with Crippen molar-refractivity contribution in [2.75, 3.05) is 13.2 Å². The van der Waals surface area contributed by atoms with Gasteiger partial charge in [0.05, 0.1) is 11.5 Å². The number of benzene rings is 1. The fraction of sp³-hybridized carbons (Fsp3) is 0.385. The molecule has 1 aromatic carbocycles.